The fourth-order valence-corrected chi connectivity index (χ4v) is 4.42. The van der Waals surface area contributed by atoms with E-state index >= 15 is 0 Å². The summed E-state index contributed by atoms with van der Waals surface area (Å²) in [6.45, 7) is 2.35. The molecule has 0 saturated carbocycles. The predicted octanol–water partition coefficient (Wildman–Crippen LogP) is -0.960. The number of nitrogens with one attached hydrogen (secondary N) is 6. The number of aromatic hydroxyl groups is 1. The second kappa shape index (κ2) is 15.9. The van der Waals surface area contributed by atoms with Gasteiger partial charge in [0.2, 0.25) is 35.4 Å². The Kier molecular flexibility index (Phi) is 12.0. The van der Waals surface area contributed by atoms with Gasteiger partial charge >= 0.3 is 0 Å². The van der Waals surface area contributed by atoms with Gasteiger partial charge in [0.1, 0.15) is 23.9 Å². The summed E-state index contributed by atoms with van der Waals surface area (Å²) in [4.78, 5) is 77.4. The molecule has 43 heavy (non-hydrogen) atoms. The molecule has 1 fully saturated rings. The summed E-state index contributed by atoms with van der Waals surface area (Å²) in [5.74, 6) is -3.78. The summed E-state index contributed by atoms with van der Waals surface area (Å²) in [7, 11) is 0. The van der Waals surface area contributed by atoms with Crippen molar-refractivity contribution in [3.63, 3.8) is 0 Å². The minimum absolute atomic E-state index is 0.0151. The van der Waals surface area contributed by atoms with Gasteiger partial charge in [0.15, 0.2) is 0 Å². The van der Waals surface area contributed by atoms with E-state index in [-0.39, 0.29) is 30.9 Å². The third-order valence-electron chi connectivity index (χ3n) is 6.59. The van der Waals surface area contributed by atoms with Gasteiger partial charge in [0, 0.05) is 12.8 Å². The third-order valence-corrected chi connectivity index (χ3v) is 6.59. The topological polar surface area (TPSA) is 195 Å². The summed E-state index contributed by atoms with van der Waals surface area (Å²) in [5.41, 5.74) is 1.36. The molecule has 1 saturated heterocycles. The molecule has 2 aromatic carbocycles. The van der Waals surface area contributed by atoms with Crippen molar-refractivity contribution in [3.05, 3.63) is 65.7 Å². The van der Waals surface area contributed by atoms with E-state index in [1.165, 1.54) is 12.1 Å². The number of benzene rings is 2. The zero-order valence-corrected chi connectivity index (χ0v) is 24.1. The molecule has 0 radical (unpaired) electrons. The highest BCUT2D eigenvalue weighted by Crippen LogP contribution is 2.12. The van der Waals surface area contributed by atoms with Crippen molar-refractivity contribution in [2.24, 2.45) is 5.92 Å². The van der Waals surface area contributed by atoms with Gasteiger partial charge in [-0.25, -0.2) is 0 Å². The van der Waals surface area contributed by atoms with Gasteiger partial charge in [-0.2, -0.15) is 0 Å². The van der Waals surface area contributed by atoms with Gasteiger partial charge in [-0.05, 0) is 35.6 Å². The van der Waals surface area contributed by atoms with E-state index in [1.807, 2.05) is 19.9 Å². The maximum absolute atomic E-state index is 13.5. The van der Waals surface area contributed by atoms with Crippen LogP contribution in [0, 0.1) is 5.92 Å². The number of carbonyl (C=O) groups excluding carboxylic acids is 6. The summed E-state index contributed by atoms with van der Waals surface area (Å²) < 4.78 is 0. The highest BCUT2D eigenvalue weighted by molar-refractivity contribution is 5.96. The number of carbonyl (C=O) groups is 6. The van der Waals surface area contributed by atoms with Crippen LogP contribution in [0.5, 0.6) is 5.75 Å². The SMILES string of the molecule is CC(C)C[C@@H]1NC(=O)CNC(=O)[C@H](Cc2ccccc2)NC(=O)[C@H](Cc2ccc(O)cc2)NC(=O)CNC(=O)CNC1=O. The van der Waals surface area contributed by atoms with E-state index in [0.717, 1.165) is 5.56 Å². The fraction of sp³-hybridized carbons (Fsp3) is 0.400. The van der Waals surface area contributed by atoms with Crippen molar-refractivity contribution in [3.8, 4) is 5.75 Å². The molecule has 3 rings (SSSR count). The van der Waals surface area contributed by atoms with Crippen LogP contribution in [0.1, 0.15) is 31.4 Å². The maximum Gasteiger partial charge on any atom is 0.243 e. The molecule has 6 amide bonds. The van der Waals surface area contributed by atoms with Crippen LogP contribution in [-0.2, 0) is 41.6 Å². The normalized spacial score (nSPS) is 21.3. The van der Waals surface area contributed by atoms with Crippen LogP contribution in [0.4, 0.5) is 0 Å². The Morgan fingerprint density at radius 2 is 1.09 bits per heavy atom. The van der Waals surface area contributed by atoms with Crippen LogP contribution in [0.15, 0.2) is 54.6 Å². The number of hydrogen-bond donors (Lipinski definition) is 7. The van der Waals surface area contributed by atoms with Crippen molar-refractivity contribution >= 4 is 35.4 Å². The number of amides is 6. The first kappa shape index (κ1) is 32.6. The first-order chi connectivity index (χ1) is 20.5. The highest BCUT2D eigenvalue weighted by atomic mass is 16.3. The van der Waals surface area contributed by atoms with Gasteiger partial charge < -0.3 is 37.0 Å². The lowest BCUT2D eigenvalue weighted by Crippen LogP contribution is -2.57. The lowest BCUT2D eigenvalue weighted by molar-refractivity contribution is -0.134. The number of hydrogen-bond acceptors (Lipinski definition) is 7. The number of phenolic OH excluding ortho intramolecular Hbond substituents is 1. The van der Waals surface area contributed by atoms with E-state index in [2.05, 4.69) is 31.9 Å². The zero-order valence-electron chi connectivity index (χ0n) is 24.1. The van der Waals surface area contributed by atoms with E-state index in [0.29, 0.717) is 5.56 Å². The second-order valence-corrected chi connectivity index (χ2v) is 10.7. The Balaban J connectivity index is 1.87. The number of rotatable bonds is 6. The zero-order chi connectivity index (χ0) is 31.4. The Hall–Kier alpha value is -4.94. The summed E-state index contributed by atoms with van der Waals surface area (Å²) in [5, 5.41) is 24.9. The second-order valence-electron chi connectivity index (χ2n) is 10.7. The van der Waals surface area contributed by atoms with E-state index in [9.17, 15) is 33.9 Å². The Morgan fingerprint density at radius 3 is 1.70 bits per heavy atom. The van der Waals surface area contributed by atoms with E-state index in [4.69, 9.17) is 0 Å². The van der Waals surface area contributed by atoms with E-state index in [1.54, 1.807) is 36.4 Å². The van der Waals surface area contributed by atoms with Crippen LogP contribution >= 0.6 is 0 Å². The smallest absolute Gasteiger partial charge is 0.243 e. The molecule has 230 valence electrons. The molecule has 13 heteroatoms. The lowest BCUT2D eigenvalue weighted by atomic mass is 10.0. The minimum atomic E-state index is -1.15. The average molecular weight is 595 g/mol. The van der Waals surface area contributed by atoms with Gasteiger partial charge in [0.25, 0.3) is 0 Å². The molecule has 1 aliphatic heterocycles. The summed E-state index contributed by atoms with van der Waals surface area (Å²) >= 11 is 0. The van der Waals surface area contributed by atoms with Crippen molar-refractivity contribution in [2.75, 3.05) is 19.6 Å². The molecule has 13 nitrogen and oxygen atoms in total. The third kappa shape index (κ3) is 11.1. The molecule has 0 bridgehead atoms. The molecule has 2 aromatic rings. The van der Waals surface area contributed by atoms with Gasteiger partial charge in [-0.1, -0.05) is 56.3 Å². The van der Waals surface area contributed by atoms with Crippen molar-refractivity contribution in [1.82, 2.24) is 31.9 Å². The standard InChI is InChI=1S/C30H38N6O7/c1-18(2)12-22-28(41)32-15-25(38)31-16-26(39)35-24(14-20-8-10-21(37)11-9-20)30(43)36-23(13-19-6-4-3-5-7-19)29(42)33-17-27(40)34-22/h3-11,18,22-24,37H,12-17H2,1-2H3,(H,31,38)(H,32,41)(H,33,42)(H,34,40)(H,35,39)(H,36,43)/t22-,23-,24-/m0/s1. The summed E-state index contributed by atoms with van der Waals surface area (Å²) in [6, 6.07) is 11.8. The van der Waals surface area contributed by atoms with Crippen LogP contribution in [0.2, 0.25) is 0 Å². The molecule has 0 spiro atoms. The molecule has 1 heterocycles. The van der Waals surface area contributed by atoms with Crippen molar-refractivity contribution < 1.29 is 33.9 Å². The van der Waals surface area contributed by atoms with Crippen LogP contribution in [0.25, 0.3) is 0 Å². The molecule has 1 aliphatic rings. The molecule has 7 N–H and O–H groups in total. The number of phenols is 1. The first-order valence-electron chi connectivity index (χ1n) is 14.0. The maximum atomic E-state index is 13.5. The quantitative estimate of drug-likeness (QED) is 0.224. The minimum Gasteiger partial charge on any atom is -0.508 e. The molecule has 3 atom stereocenters. The Bertz CT molecular complexity index is 1300. The van der Waals surface area contributed by atoms with E-state index < -0.39 is 73.2 Å². The predicted molar refractivity (Wildman–Crippen MR) is 156 cm³/mol. The average Bonchev–Trinajstić information content (AvgIpc) is 2.97. The first-order valence-corrected chi connectivity index (χ1v) is 14.0. The molecular formula is C30H38N6O7. The van der Waals surface area contributed by atoms with Gasteiger partial charge in [0.05, 0.1) is 19.6 Å². The van der Waals surface area contributed by atoms with Crippen molar-refractivity contribution in [1.29, 1.82) is 0 Å². The van der Waals surface area contributed by atoms with Crippen LogP contribution in [-0.4, -0.2) is 78.3 Å². The Morgan fingerprint density at radius 1 is 0.605 bits per heavy atom. The largest absolute Gasteiger partial charge is 0.508 e. The van der Waals surface area contributed by atoms with Crippen LogP contribution in [0.3, 0.4) is 0 Å². The summed E-state index contributed by atoms with van der Waals surface area (Å²) in [6.07, 6.45) is 0.389. The monoisotopic (exact) mass is 594 g/mol. The highest BCUT2D eigenvalue weighted by Gasteiger charge is 2.29. The van der Waals surface area contributed by atoms with Crippen molar-refractivity contribution in [2.45, 2.75) is 51.2 Å². The molecule has 0 aromatic heterocycles. The van der Waals surface area contributed by atoms with Gasteiger partial charge in [-0.15, -0.1) is 0 Å². The van der Waals surface area contributed by atoms with Crippen LogP contribution < -0.4 is 31.9 Å². The van der Waals surface area contributed by atoms with Gasteiger partial charge in [-0.3, -0.25) is 28.8 Å². The Labute approximate surface area is 249 Å². The lowest BCUT2D eigenvalue weighted by Gasteiger charge is -2.24. The molecule has 0 aliphatic carbocycles. The molecule has 0 unspecified atom stereocenters. The fourth-order valence-electron chi connectivity index (χ4n) is 4.42. The molecular weight excluding hydrogens is 556 g/mol.